The van der Waals surface area contributed by atoms with E-state index in [2.05, 4.69) is 69.4 Å². The fourth-order valence-corrected chi connectivity index (χ4v) is 8.74. The van der Waals surface area contributed by atoms with Gasteiger partial charge in [-0.2, -0.15) is 0 Å². The minimum atomic E-state index is -0.775. The number of carbonyl (C=O) groups is 3. The van der Waals surface area contributed by atoms with Gasteiger partial charge in [0.2, 0.25) is 0 Å². The number of hydrogen-bond donors (Lipinski definition) is 0. The van der Waals surface area contributed by atoms with Crippen LogP contribution in [0.4, 0.5) is 0 Å². The Labute approximate surface area is 428 Å². The van der Waals surface area contributed by atoms with Gasteiger partial charge in [-0.1, -0.05) is 262 Å². The van der Waals surface area contributed by atoms with E-state index in [4.69, 9.17) is 14.2 Å². The number of ether oxygens (including phenoxy) is 3. The third-order valence-corrected chi connectivity index (χ3v) is 13.3. The van der Waals surface area contributed by atoms with Crippen molar-refractivity contribution < 1.29 is 28.6 Å². The highest BCUT2D eigenvalue weighted by Crippen LogP contribution is 2.16. The van der Waals surface area contributed by atoms with Gasteiger partial charge in [0.25, 0.3) is 0 Å². The first-order chi connectivity index (χ1) is 34.0. The van der Waals surface area contributed by atoms with Crippen LogP contribution in [0, 0.1) is 0 Å². The molecule has 0 heterocycles. The smallest absolute Gasteiger partial charge is 0.306 e. The summed E-state index contributed by atoms with van der Waals surface area (Å²) in [5, 5.41) is 0. The molecule has 1 atom stereocenters. The van der Waals surface area contributed by atoms with Gasteiger partial charge in [-0.15, -0.1) is 0 Å². The molecule has 1 unspecified atom stereocenters. The van der Waals surface area contributed by atoms with Crippen LogP contribution in [-0.4, -0.2) is 37.2 Å². The average Bonchev–Trinajstić information content (AvgIpc) is 3.35. The van der Waals surface area contributed by atoms with E-state index in [0.717, 1.165) is 77.0 Å². The van der Waals surface area contributed by atoms with Crippen molar-refractivity contribution in [2.75, 3.05) is 13.2 Å². The summed E-state index contributed by atoms with van der Waals surface area (Å²) in [7, 11) is 0. The standard InChI is InChI=1S/C63H114O6/c1-4-7-10-13-16-19-22-25-27-28-29-30-31-32-33-34-35-36-37-39-41-44-47-50-53-56-62(65)68-59-60(58-67-61(64)55-52-49-46-43-40-24-21-18-15-12-9-6-3)69-63(66)57-54-51-48-45-42-38-26-23-20-17-14-11-8-5-2/h18,21-22,25,28-29,31-32,60H,4-17,19-20,23-24,26-27,30,33-59H2,1-3H3/b21-18-,25-22-,29-28-,32-31-. The molecule has 0 N–H and O–H groups in total. The van der Waals surface area contributed by atoms with E-state index in [1.54, 1.807) is 0 Å². The highest BCUT2D eigenvalue weighted by molar-refractivity contribution is 5.71. The molecule has 6 nitrogen and oxygen atoms in total. The predicted molar refractivity (Wildman–Crippen MR) is 298 cm³/mol. The van der Waals surface area contributed by atoms with Gasteiger partial charge in [0.15, 0.2) is 6.10 Å². The fourth-order valence-electron chi connectivity index (χ4n) is 8.74. The molecule has 69 heavy (non-hydrogen) atoms. The van der Waals surface area contributed by atoms with Gasteiger partial charge >= 0.3 is 17.9 Å². The molecule has 0 saturated heterocycles. The molecule has 0 saturated carbocycles. The maximum atomic E-state index is 12.8. The van der Waals surface area contributed by atoms with Crippen molar-refractivity contribution in [3.63, 3.8) is 0 Å². The molecule has 0 aromatic rings. The summed E-state index contributed by atoms with van der Waals surface area (Å²) >= 11 is 0. The molecule has 6 heteroatoms. The Morgan fingerprint density at radius 2 is 0.522 bits per heavy atom. The van der Waals surface area contributed by atoms with E-state index >= 15 is 0 Å². The third-order valence-electron chi connectivity index (χ3n) is 13.3. The molecule has 0 amide bonds. The van der Waals surface area contributed by atoms with Crippen LogP contribution in [0.2, 0.25) is 0 Å². The highest BCUT2D eigenvalue weighted by Gasteiger charge is 2.19. The first-order valence-electron chi connectivity index (χ1n) is 30.1. The number of unbranched alkanes of at least 4 members (excludes halogenated alkanes) is 36. The van der Waals surface area contributed by atoms with E-state index in [9.17, 15) is 14.4 Å². The van der Waals surface area contributed by atoms with Crippen molar-refractivity contribution in [3.8, 4) is 0 Å². The van der Waals surface area contributed by atoms with E-state index in [0.29, 0.717) is 19.3 Å². The third kappa shape index (κ3) is 56.2. The zero-order chi connectivity index (χ0) is 50.0. The van der Waals surface area contributed by atoms with Crippen LogP contribution < -0.4 is 0 Å². The number of rotatable bonds is 55. The van der Waals surface area contributed by atoms with Crippen molar-refractivity contribution in [2.24, 2.45) is 0 Å². The van der Waals surface area contributed by atoms with Gasteiger partial charge < -0.3 is 14.2 Å². The normalized spacial score (nSPS) is 12.3. The first-order valence-corrected chi connectivity index (χ1v) is 30.1. The molecule has 0 spiro atoms. The van der Waals surface area contributed by atoms with Gasteiger partial charge in [0.05, 0.1) is 0 Å². The van der Waals surface area contributed by atoms with Crippen LogP contribution in [0.3, 0.4) is 0 Å². The lowest BCUT2D eigenvalue weighted by Gasteiger charge is -2.18. The molecule has 0 rings (SSSR count). The summed E-state index contributed by atoms with van der Waals surface area (Å²) in [6, 6.07) is 0. The van der Waals surface area contributed by atoms with Crippen molar-refractivity contribution in [2.45, 2.75) is 322 Å². The number of hydrogen-bond acceptors (Lipinski definition) is 6. The van der Waals surface area contributed by atoms with Gasteiger partial charge in [0, 0.05) is 19.3 Å². The molecule has 0 aromatic carbocycles. The number of carbonyl (C=O) groups excluding carboxylic acids is 3. The monoisotopic (exact) mass is 967 g/mol. The molecule has 0 fully saturated rings. The molecule has 0 aliphatic carbocycles. The lowest BCUT2D eigenvalue weighted by molar-refractivity contribution is -0.167. The number of allylic oxidation sites excluding steroid dienone is 8. The first kappa shape index (κ1) is 66.4. The van der Waals surface area contributed by atoms with Crippen LogP contribution in [-0.2, 0) is 28.6 Å². The Balaban J connectivity index is 4.25. The van der Waals surface area contributed by atoms with E-state index in [1.165, 1.54) is 199 Å². The maximum Gasteiger partial charge on any atom is 0.306 e. The number of esters is 3. The van der Waals surface area contributed by atoms with Crippen LogP contribution in [0.1, 0.15) is 316 Å². The molecule has 0 aliphatic rings. The summed E-state index contributed by atoms with van der Waals surface area (Å²) in [5.41, 5.74) is 0. The van der Waals surface area contributed by atoms with Crippen LogP contribution >= 0.6 is 0 Å². The molecule has 0 bridgehead atoms. The lowest BCUT2D eigenvalue weighted by atomic mass is 10.0. The highest BCUT2D eigenvalue weighted by atomic mass is 16.6. The topological polar surface area (TPSA) is 78.9 Å². The fraction of sp³-hybridized carbons (Fsp3) is 0.825. The Morgan fingerprint density at radius 1 is 0.290 bits per heavy atom. The second-order valence-electron chi connectivity index (χ2n) is 20.3. The van der Waals surface area contributed by atoms with E-state index < -0.39 is 6.10 Å². The second-order valence-corrected chi connectivity index (χ2v) is 20.3. The minimum Gasteiger partial charge on any atom is -0.462 e. The summed E-state index contributed by atoms with van der Waals surface area (Å²) in [6.45, 7) is 6.63. The summed E-state index contributed by atoms with van der Waals surface area (Å²) in [4.78, 5) is 38.1. The largest absolute Gasteiger partial charge is 0.462 e. The van der Waals surface area contributed by atoms with Gasteiger partial charge in [-0.3, -0.25) is 14.4 Å². The van der Waals surface area contributed by atoms with Crippen molar-refractivity contribution >= 4 is 17.9 Å². The molecule has 0 radical (unpaired) electrons. The molecular formula is C63H114O6. The predicted octanol–water partition coefficient (Wildman–Crippen LogP) is 20.2. The van der Waals surface area contributed by atoms with Gasteiger partial charge in [-0.25, -0.2) is 0 Å². The average molecular weight is 968 g/mol. The summed E-state index contributed by atoms with van der Waals surface area (Å²) in [5.74, 6) is -0.872. The zero-order valence-electron chi connectivity index (χ0n) is 46.1. The molecular weight excluding hydrogens is 853 g/mol. The Morgan fingerprint density at radius 3 is 0.855 bits per heavy atom. The van der Waals surface area contributed by atoms with Crippen LogP contribution in [0.25, 0.3) is 0 Å². The van der Waals surface area contributed by atoms with Crippen LogP contribution in [0.15, 0.2) is 48.6 Å². The Hall–Kier alpha value is -2.63. The maximum absolute atomic E-state index is 12.8. The van der Waals surface area contributed by atoms with E-state index in [-0.39, 0.29) is 31.1 Å². The Bertz CT molecular complexity index is 1200. The van der Waals surface area contributed by atoms with Crippen molar-refractivity contribution in [3.05, 3.63) is 48.6 Å². The second kappa shape index (κ2) is 57.9. The molecule has 0 aliphatic heterocycles. The quantitative estimate of drug-likeness (QED) is 0.0262. The molecule has 0 aromatic heterocycles. The minimum absolute atomic E-state index is 0.0747. The van der Waals surface area contributed by atoms with Gasteiger partial charge in [-0.05, 0) is 83.5 Å². The summed E-state index contributed by atoms with van der Waals surface area (Å²) in [6.07, 6.45) is 71.1. The van der Waals surface area contributed by atoms with Crippen molar-refractivity contribution in [1.29, 1.82) is 0 Å². The van der Waals surface area contributed by atoms with Crippen molar-refractivity contribution in [1.82, 2.24) is 0 Å². The zero-order valence-corrected chi connectivity index (χ0v) is 46.1. The SMILES string of the molecule is CCCCC/C=C\CCCCCCCC(=O)OCC(COC(=O)CCCCCCCCCCCC/C=C\C/C=C\C/C=C\CCCCCCC)OC(=O)CCCCCCCCCCCCCCCC. The molecule has 402 valence electrons. The van der Waals surface area contributed by atoms with Crippen LogP contribution in [0.5, 0.6) is 0 Å². The van der Waals surface area contributed by atoms with E-state index in [1.807, 2.05) is 0 Å². The lowest BCUT2D eigenvalue weighted by Crippen LogP contribution is -2.30. The van der Waals surface area contributed by atoms with Gasteiger partial charge in [0.1, 0.15) is 13.2 Å². The Kier molecular flexibility index (Phi) is 55.7. The summed E-state index contributed by atoms with van der Waals surface area (Å²) < 4.78 is 16.9.